The van der Waals surface area contributed by atoms with Gasteiger partial charge in [0.2, 0.25) is 0 Å². The molecular weight excluding hydrogens is 368 g/mol. The van der Waals surface area contributed by atoms with Crippen molar-refractivity contribution in [3.63, 3.8) is 0 Å². The number of carbonyl (C=O) groups is 1. The molecule has 4 rings (SSSR count). The Morgan fingerprint density at radius 1 is 1.17 bits per heavy atom. The molecule has 1 N–H and O–H groups in total. The van der Waals surface area contributed by atoms with Gasteiger partial charge < -0.3 is 4.42 Å². The zero-order valence-corrected chi connectivity index (χ0v) is 16.1. The number of benzene rings is 1. The molecule has 4 aromatic rings. The van der Waals surface area contributed by atoms with Crippen LogP contribution in [0.25, 0.3) is 17.1 Å². The number of rotatable bonds is 6. The van der Waals surface area contributed by atoms with Crippen LogP contribution in [0.5, 0.6) is 0 Å². The van der Waals surface area contributed by atoms with Crippen molar-refractivity contribution in [1.82, 2.24) is 25.0 Å². The summed E-state index contributed by atoms with van der Waals surface area (Å²) in [4.78, 5) is 12.2. The highest BCUT2D eigenvalue weighted by Gasteiger charge is 2.13. The third-order valence-electron chi connectivity index (χ3n) is 4.31. The van der Waals surface area contributed by atoms with E-state index >= 15 is 0 Å². The molecule has 0 aliphatic rings. The van der Waals surface area contributed by atoms with Gasteiger partial charge in [-0.25, -0.2) is 10.1 Å². The topological polar surface area (TPSA) is 90.2 Å². The molecule has 146 valence electrons. The fourth-order valence-corrected chi connectivity index (χ4v) is 2.98. The predicted molar refractivity (Wildman–Crippen MR) is 109 cm³/mol. The average Bonchev–Trinajstić information content (AvgIpc) is 3.43. The average molecular weight is 388 g/mol. The highest BCUT2D eigenvalue weighted by atomic mass is 16.3. The van der Waals surface area contributed by atoms with E-state index in [4.69, 9.17) is 4.42 Å². The zero-order chi connectivity index (χ0) is 20.2. The van der Waals surface area contributed by atoms with Crippen LogP contribution in [0.4, 0.5) is 0 Å². The van der Waals surface area contributed by atoms with E-state index in [-0.39, 0.29) is 12.5 Å². The van der Waals surface area contributed by atoms with Crippen molar-refractivity contribution >= 4 is 12.1 Å². The van der Waals surface area contributed by atoms with Crippen LogP contribution in [0.3, 0.4) is 0 Å². The number of aryl methyl sites for hydroxylation is 2. The number of para-hydroxylation sites is 1. The van der Waals surface area contributed by atoms with Crippen LogP contribution in [-0.4, -0.2) is 31.7 Å². The maximum absolute atomic E-state index is 12.2. The largest absolute Gasteiger partial charge is 0.463 e. The van der Waals surface area contributed by atoms with Crippen molar-refractivity contribution in [2.75, 3.05) is 0 Å². The van der Waals surface area contributed by atoms with Crippen LogP contribution in [0, 0.1) is 13.8 Å². The summed E-state index contributed by atoms with van der Waals surface area (Å²) in [6.07, 6.45) is 4.99. The van der Waals surface area contributed by atoms with Gasteiger partial charge in [0.15, 0.2) is 5.76 Å². The van der Waals surface area contributed by atoms with Gasteiger partial charge in [-0.1, -0.05) is 18.2 Å². The molecule has 1 amide bonds. The summed E-state index contributed by atoms with van der Waals surface area (Å²) in [7, 11) is 0. The smallest absolute Gasteiger partial charge is 0.261 e. The number of hydrazone groups is 1. The van der Waals surface area contributed by atoms with Crippen LogP contribution in [0.1, 0.15) is 17.0 Å². The first-order chi connectivity index (χ1) is 14.1. The van der Waals surface area contributed by atoms with Crippen LogP contribution in [0.2, 0.25) is 0 Å². The molecule has 0 atom stereocenters. The molecule has 0 unspecified atom stereocenters. The van der Waals surface area contributed by atoms with Gasteiger partial charge in [0.05, 0.1) is 23.9 Å². The number of aromatic nitrogens is 4. The lowest BCUT2D eigenvalue weighted by atomic mass is 10.2. The lowest BCUT2D eigenvalue weighted by Gasteiger charge is -2.02. The monoisotopic (exact) mass is 388 g/mol. The van der Waals surface area contributed by atoms with Crippen LogP contribution in [0.15, 0.2) is 70.5 Å². The van der Waals surface area contributed by atoms with Crippen LogP contribution < -0.4 is 5.43 Å². The van der Waals surface area contributed by atoms with E-state index in [0.29, 0.717) is 11.5 Å². The van der Waals surface area contributed by atoms with Crippen molar-refractivity contribution in [2.45, 2.75) is 20.4 Å². The Labute approximate surface area is 167 Å². The molecule has 1 aromatic carbocycles. The molecular formula is C21H20N6O2. The van der Waals surface area contributed by atoms with Gasteiger partial charge in [0.25, 0.3) is 5.91 Å². The van der Waals surface area contributed by atoms with Crippen LogP contribution >= 0.6 is 0 Å². The van der Waals surface area contributed by atoms with Crippen molar-refractivity contribution in [3.05, 3.63) is 77.9 Å². The third-order valence-corrected chi connectivity index (χ3v) is 4.31. The fraction of sp³-hybridized carbons (Fsp3) is 0.143. The minimum atomic E-state index is -0.262. The first-order valence-electron chi connectivity index (χ1n) is 9.12. The molecule has 3 aromatic heterocycles. The molecule has 0 fully saturated rings. The zero-order valence-electron chi connectivity index (χ0n) is 16.1. The van der Waals surface area contributed by atoms with E-state index in [2.05, 4.69) is 20.7 Å². The fourth-order valence-electron chi connectivity index (χ4n) is 2.98. The summed E-state index contributed by atoms with van der Waals surface area (Å²) in [5.41, 5.74) is 6.60. The highest BCUT2D eigenvalue weighted by Crippen LogP contribution is 2.23. The SMILES string of the molecule is Cc1cc(C)n(CC(=O)N/N=C\c2cn(-c3ccccc3)nc2-c2ccco2)n1. The van der Waals surface area contributed by atoms with Gasteiger partial charge >= 0.3 is 0 Å². The number of nitrogens with zero attached hydrogens (tertiary/aromatic N) is 5. The normalized spacial score (nSPS) is 11.2. The molecule has 0 spiro atoms. The van der Waals surface area contributed by atoms with Crippen molar-refractivity contribution in [2.24, 2.45) is 5.10 Å². The maximum atomic E-state index is 12.2. The Bertz CT molecular complexity index is 1140. The van der Waals surface area contributed by atoms with Crippen molar-refractivity contribution in [3.8, 4) is 17.1 Å². The molecule has 0 radical (unpaired) electrons. The predicted octanol–water partition coefficient (Wildman–Crippen LogP) is 3.10. The van der Waals surface area contributed by atoms with E-state index in [9.17, 15) is 4.79 Å². The van der Waals surface area contributed by atoms with Gasteiger partial charge in [-0.3, -0.25) is 9.48 Å². The Balaban J connectivity index is 1.53. The molecule has 8 heteroatoms. The van der Waals surface area contributed by atoms with Gasteiger partial charge in [-0.2, -0.15) is 15.3 Å². The quantitative estimate of drug-likeness (QED) is 0.406. The summed E-state index contributed by atoms with van der Waals surface area (Å²) in [5, 5.41) is 13.0. The molecule has 0 aliphatic heterocycles. The van der Waals surface area contributed by atoms with Gasteiger partial charge in [-0.05, 0) is 44.2 Å². The molecule has 0 saturated carbocycles. The third kappa shape index (κ3) is 4.16. The van der Waals surface area contributed by atoms with E-state index < -0.39 is 0 Å². The van der Waals surface area contributed by atoms with Crippen molar-refractivity contribution in [1.29, 1.82) is 0 Å². The minimum absolute atomic E-state index is 0.103. The summed E-state index contributed by atoms with van der Waals surface area (Å²) < 4.78 is 8.88. The van der Waals surface area contributed by atoms with Gasteiger partial charge in [0.1, 0.15) is 12.2 Å². The van der Waals surface area contributed by atoms with E-state index in [0.717, 1.165) is 22.6 Å². The number of carbonyl (C=O) groups excluding carboxylic acids is 1. The molecule has 29 heavy (non-hydrogen) atoms. The Morgan fingerprint density at radius 3 is 2.69 bits per heavy atom. The molecule has 0 saturated heterocycles. The summed E-state index contributed by atoms with van der Waals surface area (Å²) in [5.74, 6) is 0.359. The van der Waals surface area contributed by atoms with E-state index in [1.54, 1.807) is 27.9 Å². The van der Waals surface area contributed by atoms with E-state index in [1.165, 1.54) is 0 Å². The Kier molecular flexibility index (Phi) is 5.07. The number of nitrogens with one attached hydrogen (secondary N) is 1. The number of furan rings is 1. The second-order valence-corrected chi connectivity index (χ2v) is 6.57. The number of hydrogen-bond acceptors (Lipinski definition) is 5. The first-order valence-corrected chi connectivity index (χ1v) is 9.12. The maximum Gasteiger partial charge on any atom is 0.261 e. The van der Waals surface area contributed by atoms with Crippen LogP contribution in [-0.2, 0) is 11.3 Å². The molecule has 0 bridgehead atoms. The second kappa shape index (κ2) is 7.97. The molecule has 8 nitrogen and oxygen atoms in total. The highest BCUT2D eigenvalue weighted by molar-refractivity contribution is 5.88. The first kappa shape index (κ1) is 18.4. The van der Waals surface area contributed by atoms with Crippen molar-refractivity contribution < 1.29 is 9.21 Å². The second-order valence-electron chi connectivity index (χ2n) is 6.57. The lowest BCUT2D eigenvalue weighted by Crippen LogP contribution is -2.24. The van der Waals surface area contributed by atoms with Gasteiger partial charge in [-0.15, -0.1) is 0 Å². The Hall–Kier alpha value is -3.94. The molecule has 0 aliphatic carbocycles. The summed E-state index contributed by atoms with van der Waals surface area (Å²) in [6.45, 7) is 3.90. The van der Waals surface area contributed by atoms with Gasteiger partial charge in [0, 0.05) is 17.5 Å². The Morgan fingerprint density at radius 2 is 2.00 bits per heavy atom. The molecule has 3 heterocycles. The standard InChI is InChI=1S/C21H20N6O2/c1-15-11-16(2)26(24-15)14-20(28)23-22-12-17-13-27(18-7-4-3-5-8-18)25-21(17)19-9-6-10-29-19/h3-13H,14H2,1-2H3,(H,23,28)/b22-12-. The summed E-state index contributed by atoms with van der Waals surface area (Å²) >= 11 is 0. The lowest BCUT2D eigenvalue weighted by molar-refractivity contribution is -0.121. The number of hydrogen-bond donors (Lipinski definition) is 1. The van der Waals surface area contributed by atoms with E-state index in [1.807, 2.05) is 62.5 Å². The minimum Gasteiger partial charge on any atom is -0.463 e. The summed E-state index contributed by atoms with van der Waals surface area (Å²) in [6, 6.07) is 15.3. The number of amides is 1.